The van der Waals surface area contributed by atoms with Crippen LogP contribution in [0.4, 0.5) is 5.82 Å². The molecule has 2 aliphatic carbocycles. The number of hydrogen-bond donors (Lipinski definition) is 2. The maximum absolute atomic E-state index is 12.5. The molecule has 1 unspecified atom stereocenters. The van der Waals surface area contributed by atoms with Crippen LogP contribution in [0.3, 0.4) is 0 Å². The van der Waals surface area contributed by atoms with Crippen LogP contribution in [-0.2, 0) is 17.8 Å². The summed E-state index contributed by atoms with van der Waals surface area (Å²) in [6.07, 6.45) is 13.0. The smallest absolute Gasteiger partial charge is 0.234 e. The fourth-order valence-corrected chi connectivity index (χ4v) is 6.91. The van der Waals surface area contributed by atoms with Crippen LogP contribution in [0.2, 0.25) is 0 Å². The third-order valence-corrected chi connectivity index (χ3v) is 9.30. The van der Waals surface area contributed by atoms with E-state index in [1.54, 1.807) is 6.33 Å². The molecule has 1 saturated heterocycles. The van der Waals surface area contributed by atoms with Gasteiger partial charge in [0.2, 0.25) is 5.91 Å². The van der Waals surface area contributed by atoms with Gasteiger partial charge in [0.05, 0.1) is 12.2 Å². The number of likely N-dealkylation sites (tertiary alicyclic amines) is 1. The first-order chi connectivity index (χ1) is 20.6. The minimum atomic E-state index is 0.180. The average molecular weight is 566 g/mol. The Bertz CT molecular complexity index is 1380. The van der Waals surface area contributed by atoms with E-state index < -0.39 is 0 Å². The summed E-state index contributed by atoms with van der Waals surface area (Å²) >= 11 is 0. The second-order valence-electron chi connectivity index (χ2n) is 12.3. The van der Waals surface area contributed by atoms with Crippen LogP contribution in [-0.4, -0.2) is 47.0 Å². The predicted octanol–water partition coefficient (Wildman–Crippen LogP) is 5.65. The minimum absolute atomic E-state index is 0.180. The Morgan fingerprint density at radius 1 is 1.00 bits per heavy atom. The number of allylic oxidation sites excluding steroid dienone is 1. The van der Waals surface area contributed by atoms with Gasteiger partial charge in [0, 0.05) is 12.1 Å². The molecule has 3 aromatic rings. The Balaban J connectivity index is 1.08. The topological polar surface area (TPSA) is 93.4 Å². The van der Waals surface area contributed by atoms with Crippen LogP contribution in [0.25, 0.3) is 5.57 Å². The maximum Gasteiger partial charge on any atom is 0.234 e. The fourth-order valence-electron chi connectivity index (χ4n) is 6.91. The molecule has 3 aliphatic rings. The summed E-state index contributed by atoms with van der Waals surface area (Å²) in [6, 6.07) is 18.5. The number of ether oxygens (including phenoxy) is 1. The van der Waals surface area contributed by atoms with Crippen LogP contribution in [0.15, 0.2) is 67.0 Å². The first-order valence-electron chi connectivity index (χ1n) is 15.7. The largest absolute Gasteiger partial charge is 0.489 e. The quantitative estimate of drug-likeness (QED) is 0.348. The number of anilines is 1. The molecule has 0 bridgehead atoms. The normalized spacial score (nSPS) is 23.8. The number of carbonyl (C=O) groups is 1. The van der Waals surface area contributed by atoms with Gasteiger partial charge in [0.25, 0.3) is 0 Å². The van der Waals surface area contributed by atoms with Crippen molar-refractivity contribution < 1.29 is 9.53 Å². The SMILES string of the molecule is Nc1ncnc2c1/C(c1cccc(OCc3ccccc3)c1)=C\CCC(C1CC(CNC(=O)CN3CCCCC3)C1)C2. The van der Waals surface area contributed by atoms with E-state index in [1.165, 1.54) is 32.1 Å². The molecule has 1 aliphatic heterocycles. The van der Waals surface area contributed by atoms with Gasteiger partial charge in [-0.3, -0.25) is 9.69 Å². The molecule has 0 radical (unpaired) electrons. The summed E-state index contributed by atoms with van der Waals surface area (Å²) in [7, 11) is 0. The summed E-state index contributed by atoms with van der Waals surface area (Å²) in [5.41, 5.74) is 11.8. The zero-order valence-corrected chi connectivity index (χ0v) is 24.5. The van der Waals surface area contributed by atoms with Crippen LogP contribution in [0.5, 0.6) is 5.75 Å². The fraction of sp³-hybridized carbons (Fsp3) is 0.457. The Hall–Kier alpha value is -3.71. The zero-order chi connectivity index (χ0) is 28.7. The van der Waals surface area contributed by atoms with Crippen LogP contribution < -0.4 is 15.8 Å². The highest BCUT2D eigenvalue weighted by Crippen LogP contribution is 2.44. The van der Waals surface area contributed by atoms with Crippen molar-refractivity contribution in [3.63, 3.8) is 0 Å². The highest BCUT2D eigenvalue weighted by molar-refractivity contribution is 5.86. The Labute approximate surface area is 249 Å². The maximum atomic E-state index is 12.5. The Morgan fingerprint density at radius 2 is 1.83 bits per heavy atom. The van der Waals surface area contributed by atoms with E-state index in [0.29, 0.717) is 36.7 Å². The second-order valence-corrected chi connectivity index (χ2v) is 12.3. The number of fused-ring (bicyclic) bond motifs is 1. The summed E-state index contributed by atoms with van der Waals surface area (Å²) in [5.74, 6) is 3.33. The van der Waals surface area contributed by atoms with Gasteiger partial charge in [0.1, 0.15) is 24.5 Å². The van der Waals surface area contributed by atoms with Gasteiger partial charge in [-0.2, -0.15) is 0 Å². The molecule has 2 fully saturated rings. The van der Waals surface area contributed by atoms with Gasteiger partial charge in [-0.1, -0.05) is 55.0 Å². The molecule has 7 heteroatoms. The van der Waals surface area contributed by atoms with Gasteiger partial charge in [-0.25, -0.2) is 9.97 Å². The third kappa shape index (κ3) is 7.01. The Kier molecular flexibility index (Phi) is 9.14. The van der Waals surface area contributed by atoms with Gasteiger partial charge >= 0.3 is 0 Å². The van der Waals surface area contributed by atoms with E-state index in [2.05, 4.69) is 45.5 Å². The number of rotatable bonds is 9. The molecule has 1 aromatic heterocycles. The van der Waals surface area contributed by atoms with E-state index >= 15 is 0 Å². The minimum Gasteiger partial charge on any atom is -0.489 e. The molecule has 2 aromatic carbocycles. The number of carbonyl (C=O) groups excluding carboxylic acids is 1. The lowest BCUT2D eigenvalue weighted by atomic mass is 9.65. The van der Waals surface area contributed by atoms with Gasteiger partial charge in [-0.15, -0.1) is 0 Å². The Morgan fingerprint density at radius 3 is 2.67 bits per heavy atom. The summed E-state index contributed by atoms with van der Waals surface area (Å²) in [6.45, 7) is 3.98. The molecule has 42 heavy (non-hydrogen) atoms. The molecule has 2 heterocycles. The highest BCUT2D eigenvalue weighted by Gasteiger charge is 2.36. The molecule has 1 atom stereocenters. The number of nitrogens with one attached hydrogen (secondary N) is 1. The number of amides is 1. The van der Waals surface area contributed by atoms with E-state index in [4.69, 9.17) is 15.5 Å². The molecule has 7 nitrogen and oxygen atoms in total. The molecule has 1 amide bonds. The van der Waals surface area contributed by atoms with E-state index in [-0.39, 0.29) is 5.91 Å². The number of piperidine rings is 1. The van der Waals surface area contributed by atoms with Crippen molar-refractivity contribution in [1.82, 2.24) is 20.2 Å². The highest BCUT2D eigenvalue weighted by atomic mass is 16.5. The summed E-state index contributed by atoms with van der Waals surface area (Å²) < 4.78 is 6.13. The van der Waals surface area contributed by atoms with Crippen LogP contribution in [0.1, 0.15) is 67.3 Å². The molecular formula is C35H43N5O2. The van der Waals surface area contributed by atoms with E-state index in [0.717, 1.165) is 72.6 Å². The van der Waals surface area contributed by atoms with Crippen molar-refractivity contribution in [3.8, 4) is 5.75 Å². The molecule has 0 spiro atoms. The molecular weight excluding hydrogens is 522 g/mol. The predicted molar refractivity (Wildman–Crippen MR) is 167 cm³/mol. The van der Waals surface area contributed by atoms with Gasteiger partial charge in [0.15, 0.2) is 0 Å². The number of nitrogens with zero attached hydrogens (tertiary/aromatic N) is 3. The monoisotopic (exact) mass is 565 g/mol. The third-order valence-electron chi connectivity index (χ3n) is 9.30. The lowest BCUT2D eigenvalue weighted by Crippen LogP contribution is -2.43. The van der Waals surface area contributed by atoms with Crippen molar-refractivity contribution in [3.05, 3.63) is 89.4 Å². The second kappa shape index (κ2) is 13.5. The first kappa shape index (κ1) is 28.4. The molecule has 220 valence electrons. The standard InChI is InChI=1S/C35H43N5O2/c36-35-34-31(28-12-7-13-30(19-28)42-23-25-9-3-1-4-10-25)14-8-11-27(20-32(34)38-24-39-35)29-17-26(18-29)21-37-33(41)22-40-15-5-2-6-16-40/h1,3-4,7,9-10,12-14,19,24,26-27,29H,2,5-6,8,11,15-18,20-23H2,(H,37,41)(H2,36,38,39)/b31-14-. The van der Waals surface area contributed by atoms with Crippen molar-refractivity contribution in [2.75, 3.05) is 31.9 Å². The van der Waals surface area contributed by atoms with Crippen molar-refractivity contribution >= 4 is 17.3 Å². The number of benzene rings is 2. The number of nitrogens with two attached hydrogens (primary N) is 1. The molecule has 6 rings (SSSR count). The van der Waals surface area contributed by atoms with Crippen molar-refractivity contribution in [1.29, 1.82) is 0 Å². The summed E-state index contributed by atoms with van der Waals surface area (Å²) in [4.78, 5) is 23.9. The lowest BCUT2D eigenvalue weighted by molar-refractivity contribution is -0.122. The van der Waals surface area contributed by atoms with Crippen molar-refractivity contribution in [2.45, 2.75) is 58.0 Å². The number of nitrogen functional groups attached to an aromatic ring is 1. The molecule has 3 N–H and O–H groups in total. The van der Waals surface area contributed by atoms with Crippen molar-refractivity contribution in [2.24, 2.45) is 17.8 Å². The zero-order valence-electron chi connectivity index (χ0n) is 24.5. The van der Waals surface area contributed by atoms with Gasteiger partial charge in [-0.05, 0) is 105 Å². The average Bonchev–Trinajstić information content (AvgIpc) is 2.98. The van der Waals surface area contributed by atoms with Crippen LogP contribution >= 0.6 is 0 Å². The number of hydrogen-bond acceptors (Lipinski definition) is 6. The van der Waals surface area contributed by atoms with E-state index in [1.807, 2.05) is 30.3 Å². The first-order valence-corrected chi connectivity index (χ1v) is 15.7. The van der Waals surface area contributed by atoms with E-state index in [9.17, 15) is 4.79 Å². The number of aromatic nitrogens is 2. The van der Waals surface area contributed by atoms with Crippen LogP contribution in [0, 0.1) is 17.8 Å². The molecule has 1 saturated carbocycles. The lowest BCUT2D eigenvalue weighted by Gasteiger charge is -2.41. The summed E-state index contributed by atoms with van der Waals surface area (Å²) in [5, 5.41) is 3.21. The van der Waals surface area contributed by atoms with Gasteiger partial charge < -0.3 is 15.8 Å².